The molecule has 0 unspecified atom stereocenters. The molecule has 0 saturated heterocycles. The van der Waals surface area contributed by atoms with E-state index in [0.717, 1.165) is 53.2 Å². The molecule has 6 heteroatoms. The van der Waals surface area contributed by atoms with Gasteiger partial charge in [0.05, 0.1) is 0 Å². The largest absolute Gasteiger partial charge is 0.305 e. The first-order valence-electron chi connectivity index (χ1n) is 9.12. The van der Waals surface area contributed by atoms with Crippen LogP contribution < -0.4 is 5.32 Å². The molecule has 0 atom stereocenters. The number of rotatable bonds is 3. The third kappa shape index (κ3) is 3.36. The number of aromatic amines is 1. The minimum Gasteiger partial charge on any atom is -0.305 e. The summed E-state index contributed by atoms with van der Waals surface area (Å²) in [7, 11) is 2.05. The number of likely N-dealkylation sites (N-methyl/N-ethyl adjacent to an activating group) is 1. The summed E-state index contributed by atoms with van der Waals surface area (Å²) < 4.78 is 0. The van der Waals surface area contributed by atoms with Crippen LogP contribution in [0.1, 0.15) is 33.0 Å². The number of anilines is 1. The summed E-state index contributed by atoms with van der Waals surface area (Å²) in [6, 6.07) is 12.1. The Morgan fingerprint density at radius 3 is 2.78 bits per heavy atom. The molecule has 0 radical (unpaired) electrons. The molecule has 0 fully saturated rings. The number of benzene rings is 1. The highest BCUT2D eigenvalue weighted by Gasteiger charge is 2.24. The van der Waals surface area contributed by atoms with E-state index in [9.17, 15) is 4.79 Å². The lowest BCUT2D eigenvalue weighted by Gasteiger charge is -2.22. The van der Waals surface area contributed by atoms with Crippen LogP contribution in [0.4, 0.5) is 5.82 Å². The predicted octanol–water partition coefficient (Wildman–Crippen LogP) is 3.33. The summed E-state index contributed by atoms with van der Waals surface area (Å²) >= 11 is 0. The number of carbonyl (C=O) groups is 1. The Kier molecular flexibility index (Phi) is 4.49. The van der Waals surface area contributed by atoms with Crippen molar-refractivity contribution in [3.05, 3.63) is 64.6 Å². The molecule has 0 spiro atoms. The normalized spacial score (nSPS) is 14.0. The topological polar surface area (TPSA) is 73.9 Å². The molecule has 2 aromatic heterocycles. The molecule has 1 aromatic carbocycles. The Bertz CT molecular complexity index is 993. The van der Waals surface area contributed by atoms with Crippen molar-refractivity contribution < 1.29 is 4.79 Å². The lowest BCUT2D eigenvalue weighted by Crippen LogP contribution is -2.28. The predicted molar refractivity (Wildman–Crippen MR) is 106 cm³/mol. The maximum atomic E-state index is 12.8. The van der Waals surface area contributed by atoms with Crippen LogP contribution in [0.2, 0.25) is 0 Å². The van der Waals surface area contributed by atoms with Crippen molar-refractivity contribution in [1.82, 2.24) is 20.1 Å². The van der Waals surface area contributed by atoms with Gasteiger partial charge in [-0.3, -0.25) is 9.89 Å². The molecule has 0 aliphatic carbocycles. The van der Waals surface area contributed by atoms with E-state index >= 15 is 0 Å². The van der Waals surface area contributed by atoms with Crippen LogP contribution in [0.15, 0.2) is 36.4 Å². The number of H-pyrrole nitrogens is 1. The number of nitrogens with one attached hydrogen (secondary N) is 2. The summed E-state index contributed by atoms with van der Waals surface area (Å²) in [6.45, 7) is 5.71. The van der Waals surface area contributed by atoms with Gasteiger partial charge in [0.2, 0.25) is 0 Å². The van der Waals surface area contributed by atoms with Crippen LogP contribution in [0.5, 0.6) is 0 Å². The highest BCUT2D eigenvalue weighted by atomic mass is 16.2. The van der Waals surface area contributed by atoms with Gasteiger partial charge in [0.15, 0.2) is 5.69 Å². The van der Waals surface area contributed by atoms with Crippen molar-refractivity contribution >= 4 is 11.7 Å². The van der Waals surface area contributed by atoms with Gasteiger partial charge in [0.1, 0.15) is 5.82 Å². The molecule has 27 heavy (non-hydrogen) atoms. The number of pyridine rings is 1. The van der Waals surface area contributed by atoms with Crippen molar-refractivity contribution in [2.45, 2.75) is 26.8 Å². The zero-order valence-electron chi connectivity index (χ0n) is 15.8. The lowest BCUT2D eigenvalue weighted by atomic mass is 10.00. The Balaban J connectivity index is 1.65. The maximum absolute atomic E-state index is 12.8. The van der Waals surface area contributed by atoms with E-state index in [0.29, 0.717) is 11.5 Å². The summed E-state index contributed by atoms with van der Waals surface area (Å²) in [5, 5.41) is 10.2. The molecule has 138 valence electrons. The van der Waals surface area contributed by atoms with Crippen LogP contribution in [-0.2, 0) is 13.0 Å². The van der Waals surface area contributed by atoms with Gasteiger partial charge in [0, 0.05) is 36.5 Å². The zero-order valence-corrected chi connectivity index (χ0v) is 15.8. The molecule has 6 nitrogen and oxygen atoms in total. The number of aryl methyl sites for hydroxylation is 1. The second-order valence-electron chi connectivity index (χ2n) is 7.10. The van der Waals surface area contributed by atoms with Crippen molar-refractivity contribution in [1.29, 1.82) is 0 Å². The number of aromatic nitrogens is 3. The number of carbonyl (C=O) groups excluding carboxylic acids is 1. The molecule has 3 aromatic rings. The zero-order chi connectivity index (χ0) is 19.0. The van der Waals surface area contributed by atoms with Crippen LogP contribution in [0, 0.1) is 13.8 Å². The van der Waals surface area contributed by atoms with E-state index in [1.54, 1.807) is 0 Å². The first-order chi connectivity index (χ1) is 13.0. The fraction of sp³-hybridized carbons (Fsp3) is 0.286. The molecule has 3 heterocycles. The number of amides is 1. The van der Waals surface area contributed by atoms with Crippen molar-refractivity contribution in [2.24, 2.45) is 0 Å². The Hall–Kier alpha value is -2.99. The third-order valence-electron chi connectivity index (χ3n) is 5.18. The smallest absolute Gasteiger partial charge is 0.277 e. The molecule has 0 bridgehead atoms. The monoisotopic (exact) mass is 361 g/mol. The van der Waals surface area contributed by atoms with Crippen LogP contribution in [-0.4, -0.2) is 39.6 Å². The highest BCUT2D eigenvalue weighted by Crippen LogP contribution is 2.28. The quantitative estimate of drug-likeness (QED) is 0.750. The summed E-state index contributed by atoms with van der Waals surface area (Å²) in [4.78, 5) is 19.6. The average molecular weight is 361 g/mol. The number of hydrogen-bond donors (Lipinski definition) is 2. The average Bonchev–Trinajstić information content (AvgIpc) is 3.08. The van der Waals surface area contributed by atoms with Gasteiger partial charge in [-0.05, 0) is 43.7 Å². The van der Waals surface area contributed by atoms with E-state index in [1.165, 1.54) is 0 Å². The van der Waals surface area contributed by atoms with Gasteiger partial charge in [-0.15, -0.1) is 0 Å². The fourth-order valence-electron chi connectivity index (χ4n) is 3.51. The van der Waals surface area contributed by atoms with Gasteiger partial charge in [0.25, 0.3) is 5.91 Å². The molecule has 0 saturated carbocycles. The van der Waals surface area contributed by atoms with E-state index in [4.69, 9.17) is 0 Å². The van der Waals surface area contributed by atoms with Crippen LogP contribution in [0.25, 0.3) is 11.1 Å². The summed E-state index contributed by atoms with van der Waals surface area (Å²) in [6.07, 6.45) is 0.881. The van der Waals surface area contributed by atoms with E-state index in [2.05, 4.69) is 51.5 Å². The van der Waals surface area contributed by atoms with E-state index < -0.39 is 0 Å². The Labute approximate surface area is 158 Å². The lowest BCUT2D eigenvalue weighted by molar-refractivity contribution is 0.102. The van der Waals surface area contributed by atoms with E-state index in [1.807, 2.05) is 31.2 Å². The minimum atomic E-state index is -0.224. The second kappa shape index (κ2) is 6.96. The van der Waals surface area contributed by atoms with Crippen molar-refractivity contribution in [3.8, 4) is 11.1 Å². The molecule has 1 amide bonds. The first-order valence-corrected chi connectivity index (χ1v) is 9.12. The van der Waals surface area contributed by atoms with Gasteiger partial charge in [-0.1, -0.05) is 30.3 Å². The molecular formula is C21H23N5O. The number of hydrogen-bond acceptors (Lipinski definition) is 4. The van der Waals surface area contributed by atoms with Crippen molar-refractivity contribution in [2.75, 3.05) is 18.9 Å². The van der Waals surface area contributed by atoms with Crippen molar-refractivity contribution in [3.63, 3.8) is 0 Å². The van der Waals surface area contributed by atoms with Gasteiger partial charge in [-0.25, -0.2) is 4.98 Å². The van der Waals surface area contributed by atoms with Gasteiger partial charge in [-0.2, -0.15) is 5.10 Å². The number of nitrogens with zero attached hydrogens (tertiary/aromatic N) is 3. The summed E-state index contributed by atoms with van der Waals surface area (Å²) in [5.41, 5.74) is 6.67. The van der Waals surface area contributed by atoms with Gasteiger partial charge >= 0.3 is 0 Å². The second-order valence-corrected chi connectivity index (χ2v) is 7.10. The van der Waals surface area contributed by atoms with Crippen LogP contribution >= 0.6 is 0 Å². The Morgan fingerprint density at radius 1 is 1.22 bits per heavy atom. The Morgan fingerprint density at radius 2 is 2.00 bits per heavy atom. The fourth-order valence-corrected chi connectivity index (χ4v) is 3.51. The molecule has 4 rings (SSSR count). The molecule has 2 N–H and O–H groups in total. The maximum Gasteiger partial charge on any atom is 0.277 e. The van der Waals surface area contributed by atoms with Crippen LogP contribution in [0.3, 0.4) is 0 Å². The standard InChI is InChI=1S/C21H23N5O/c1-13-14(2)22-19(11-16(13)15-7-5-4-6-8-15)23-21(27)20-17-12-26(3)10-9-18(17)24-25-20/h4-8,11H,9-10,12H2,1-3H3,(H,24,25)(H,22,23,27). The molecular weight excluding hydrogens is 338 g/mol. The molecule has 1 aliphatic heterocycles. The molecule has 1 aliphatic rings. The summed E-state index contributed by atoms with van der Waals surface area (Å²) in [5.74, 6) is 0.320. The minimum absolute atomic E-state index is 0.224. The van der Waals surface area contributed by atoms with E-state index in [-0.39, 0.29) is 5.91 Å². The number of fused-ring (bicyclic) bond motifs is 1. The highest BCUT2D eigenvalue weighted by molar-refractivity contribution is 6.03. The van der Waals surface area contributed by atoms with Gasteiger partial charge < -0.3 is 10.2 Å². The first kappa shape index (κ1) is 17.4. The third-order valence-corrected chi connectivity index (χ3v) is 5.18. The SMILES string of the molecule is Cc1nc(NC(=O)c2n[nH]c3c2CN(C)CC3)cc(-c2ccccc2)c1C.